The summed E-state index contributed by atoms with van der Waals surface area (Å²) in [5.41, 5.74) is 2.35. The van der Waals surface area contributed by atoms with Gasteiger partial charge < -0.3 is 9.47 Å². The molecule has 0 radical (unpaired) electrons. The molecule has 0 aliphatic carbocycles. The number of aromatic nitrogens is 4. The summed E-state index contributed by atoms with van der Waals surface area (Å²) in [6, 6.07) is 18.1. The summed E-state index contributed by atoms with van der Waals surface area (Å²) in [5.74, 6) is 1.95. The van der Waals surface area contributed by atoms with E-state index in [4.69, 9.17) is 4.74 Å². The fourth-order valence-electron chi connectivity index (χ4n) is 3.12. The van der Waals surface area contributed by atoms with Crippen molar-refractivity contribution in [2.24, 2.45) is 0 Å². The maximum Gasteiger partial charge on any atom is 0.387 e. The van der Waals surface area contributed by atoms with E-state index in [-0.39, 0.29) is 5.75 Å². The third-order valence-corrected chi connectivity index (χ3v) is 5.50. The maximum absolute atomic E-state index is 12.8. The first-order valence-corrected chi connectivity index (χ1v) is 10.9. The van der Waals surface area contributed by atoms with Crippen molar-refractivity contribution in [3.05, 3.63) is 78.6 Å². The number of para-hydroxylation sites is 1. The lowest BCUT2D eigenvalue weighted by Gasteiger charge is -2.13. The molecule has 0 unspecified atom stereocenters. The lowest BCUT2D eigenvalue weighted by Crippen LogP contribution is -2.04. The summed E-state index contributed by atoms with van der Waals surface area (Å²) < 4.78 is 37.6. The van der Waals surface area contributed by atoms with Crippen LogP contribution >= 0.6 is 11.8 Å². The van der Waals surface area contributed by atoms with Gasteiger partial charge in [-0.25, -0.2) is 0 Å². The molecule has 2 heterocycles. The number of thioether (sulfide) groups is 1. The number of nitrogens with zero attached hydrogens (tertiary/aromatic N) is 4. The fraction of sp³-hybridized carbons (Fsp3) is 0.174. The van der Waals surface area contributed by atoms with Gasteiger partial charge in [0.15, 0.2) is 11.0 Å². The number of alkyl halides is 2. The Kier molecular flexibility index (Phi) is 6.96. The van der Waals surface area contributed by atoms with E-state index >= 15 is 0 Å². The van der Waals surface area contributed by atoms with Gasteiger partial charge in [-0.3, -0.25) is 9.55 Å². The number of pyridine rings is 1. The van der Waals surface area contributed by atoms with Crippen LogP contribution in [0.4, 0.5) is 8.78 Å². The molecule has 0 bridgehead atoms. The van der Waals surface area contributed by atoms with Crippen molar-refractivity contribution >= 4 is 11.8 Å². The van der Waals surface area contributed by atoms with Gasteiger partial charge in [0.05, 0.1) is 6.61 Å². The van der Waals surface area contributed by atoms with Crippen LogP contribution in [-0.2, 0) is 5.75 Å². The first-order chi connectivity index (χ1) is 15.7. The Morgan fingerprint density at radius 3 is 2.44 bits per heavy atom. The molecule has 0 saturated heterocycles. The molecule has 164 valence electrons. The lowest BCUT2D eigenvalue weighted by atomic mass is 10.2. The van der Waals surface area contributed by atoms with Crippen LogP contribution in [0, 0.1) is 0 Å². The highest BCUT2D eigenvalue weighted by molar-refractivity contribution is 7.98. The summed E-state index contributed by atoms with van der Waals surface area (Å²) >= 11 is 1.38. The number of rotatable bonds is 9. The molecule has 0 amide bonds. The molecule has 0 saturated carbocycles. The first-order valence-electron chi connectivity index (χ1n) is 9.90. The van der Waals surface area contributed by atoms with Crippen molar-refractivity contribution < 1.29 is 18.3 Å². The van der Waals surface area contributed by atoms with E-state index < -0.39 is 6.61 Å². The molecule has 0 atom stereocenters. The molecule has 32 heavy (non-hydrogen) atoms. The third kappa shape index (κ3) is 5.05. The summed E-state index contributed by atoms with van der Waals surface area (Å²) in [5, 5.41) is 9.37. The van der Waals surface area contributed by atoms with Gasteiger partial charge in [0, 0.05) is 35.0 Å². The molecule has 0 aliphatic rings. The molecule has 0 fully saturated rings. The summed E-state index contributed by atoms with van der Waals surface area (Å²) in [7, 11) is 0. The van der Waals surface area contributed by atoms with E-state index in [1.807, 2.05) is 47.9 Å². The molecule has 2 aromatic heterocycles. The van der Waals surface area contributed by atoms with Gasteiger partial charge >= 0.3 is 6.61 Å². The largest absolute Gasteiger partial charge is 0.494 e. The Balaban J connectivity index is 1.68. The summed E-state index contributed by atoms with van der Waals surface area (Å²) in [4.78, 5) is 4.07. The summed E-state index contributed by atoms with van der Waals surface area (Å²) in [6.45, 7) is -0.374. The van der Waals surface area contributed by atoms with Crippen LogP contribution in [0.3, 0.4) is 0 Å². The quantitative estimate of drug-likeness (QED) is 0.306. The fourth-order valence-corrected chi connectivity index (χ4v) is 4.06. The van der Waals surface area contributed by atoms with Gasteiger partial charge in [-0.05, 0) is 49.4 Å². The Morgan fingerprint density at radius 1 is 0.969 bits per heavy atom. The second kappa shape index (κ2) is 10.2. The number of halogens is 2. The van der Waals surface area contributed by atoms with Crippen LogP contribution in [0.5, 0.6) is 11.5 Å². The van der Waals surface area contributed by atoms with E-state index in [2.05, 4.69) is 19.9 Å². The van der Waals surface area contributed by atoms with Crippen LogP contribution in [0.1, 0.15) is 12.5 Å². The highest BCUT2D eigenvalue weighted by atomic mass is 32.2. The molecule has 2 aromatic carbocycles. The van der Waals surface area contributed by atoms with Gasteiger partial charge in [0.1, 0.15) is 11.5 Å². The standard InChI is InChI=1S/C23H20F2N4O2S/c1-2-30-19-9-7-18(8-10-19)29-21(16-11-13-26-14-12-16)27-28-23(29)32-15-17-5-3-4-6-20(17)31-22(24)25/h3-14,22H,2,15H2,1H3. The van der Waals surface area contributed by atoms with Crippen molar-refractivity contribution in [1.82, 2.24) is 19.7 Å². The normalized spacial score (nSPS) is 11.0. The monoisotopic (exact) mass is 454 g/mol. The Morgan fingerprint density at radius 2 is 1.72 bits per heavy atom. The van der Waals surface area contributed by atoms with Crippen LogP contribution in [0.25, 0.3) is 17.1 Å². The van der Waals surface area contributed by atoms with Crippen molar-refractivity contribution in [2.45, 2.75) is 24.4 Å². The van der Waals surface area contributed by atoms with Crippen LogP contribution in [0.2, 0.25) is 0 Å². The molecular formula is C23H20F2N4O2S. The van der Waals surface area contributed by atoms with E-state index in [9.17, 15) is 8.78 Å². The minimum atomic E-state index is -2.88. The SMILES string of the molecule is CCOc1ccc(-n2c(SCc3ccccc3OC(F)F)nnc2-c2ccncc2)cc1. The van der Waals surface area contributed by atoms with Crippen molar-refractivity contribution in [3.63, 3.8) is 0 Å². The minimum Gasteiger partial charge on any atom is -0.494 e. The second-order valence-corrected chi connectivity index (χ2v) is 7.52. The molecule has 9 heteroatoms. The number of hydrogen-bond acceptors (Lipinski definition) is 6. The van der Waals surface area contributed by atoms with Gasteiger partial charge in [0.25, 0.3) is 0 Å². The number of hydrogen-bond donors (Lipinski definition) is 0. The van der Waals surface area contributed by atoms with Gasteiger partial charge in [0.2, 0.25) is 0 Å². The Bertz CT molecular complexity index is 1150. The van der Waals surface area contributed by atoms with Crippen molar-refractivity contribution in [1.29, 1.82) is 0 Å². The van der Waals surface area contributed by atoms with Crippen LogP contribution in [-0.4, -0.2) is 33.0 Å². The average molecular weight is 455 g/mol. The highest BCUT2D eigenvalue weighted by Gasteiger charge is 2.18. The Labute approximate surface area is 188 Å². The zero-order valence-electron chi connectivity index (χ0n) is 17.2. The smallest absolute Gasteiger partial charge is 0.387 e. The summed E-state index contributed by atoms with van der Waals surface area (Å²) in [6.07, 6.45) is 3.38. The lowest BCUT2D eigenvalue weighted by molar-refractivity contribution is -0.0503. The van der Waals surface area contributed by atoms with Gasteiger partial charge in [-0.15, -0.1) is 10.2 Å². The zero-order chi connectivity index (χ0) is 22.3. The molecule has 0 N–H and O–H groups in total. The minimum absolute atomic E-state index is 0.150. The van der Waals surface area contributed by atoms with E-state index in [0.29, 0.717) is 28.9 Å². The van der Waals surface area contributed by atoms with Gasteiger partial charge in [-0.2, -0.15) is 8.78 Å². The first kappa shape index (κ1) is 21.8. The second-order valence-electron chi connectivity index (χ2n) is 6.58. The third-order valence-electron chi connectivity index (χ3n) is 4.52. The predicted octanol–water partition coefficient (Wildman–Crippen LogP) is 5.62. The topological polar surface area (TPSA) is 62.1 Å². The maximum atomic E-state index is 12.8. The zero-order valence-corrected chi connectivity index (χ0v) is 18.0. The van der Waals surface area contributed by atoms with E-state index in [1.54, 1.807) is 30.6 Å². The Hall–Kier alpha value is -3.46. The molecule has 4 rings (SSSR count). The van der Waals surface area contributed by atoms with Crippen LogP contribution < -0.4 is 9.47 Å². The van der Waals surface area contributed by atoms with Crippen molar-refractivity contribution in [2.75, 3.05) is 6.61 Å². The van der Waals surface area contributed by atoms with Gasteiger partial charge in [-0.1, -0.05) is 30.0 Å². The molecule has 4 aromatic rings. The highest BCUT2D eigenvalue weighted by Crippen LogP contribution is 2.32. The molecule has 0 spiro atoms. The molecule has 0 aliphatic heterocycles. The average Bonchev–Trinajstić information content (AvgIpc) is 3.23. The van der Waals surface area contributed by atoms with E-state index in [1.165, 1.54) is 17.8 Å². The molecular weight excluding hydrogens is 434 g/mol. The van der Waals surface area contributed by atoms with Crippen molar-refractivity contribution in [3.8, 4) is 28.6 Å². The number of ether oxygens (including phenoxy) is 2. The number of benzene rings is 2. The predicted molar refractivity (Wildman–Crippen MR) is 118 cm³/mol. The molecule has 6 nitrogen and oxygen atoms in total. The van der Waals surface area contributed by atoms with E-state index in [0.717, 1.165) is 17.0 Å². The van der Waals surface area contributed by atoms with Crippen LogP contribution in [0.15, 0.2) is 78.2 Å².